The number of rotatable bonds is 1. The standard InChI is InChI=1S/C12H14ClFN2O3/c1-19-11(17)16-4-2-12(18,3-5-16)9-6-8(13)7-15-10(9)14/h6-7,18H,2-5H2,1H3. The van der Waals surface area contributed by atoms with E-state index in [1.807, 2.05) is 0 Å². The van der Waals surface area contributed by atoms with Gasteiger partial charge in [-0.1, -0.05) is 11.6 Å². The molecule has 0 aliphatic carbocycles. The SMILES string of the molecule is COC(=O)N1CCC(O)(c2cc(Cl)cnc2F)CC1. The van der Waals surface area contributed by atoms with Crippen molar-refractivity contribution in [3.8, 4) is 0 Å². The quantitative estimate of drug-likeness (QED) is 0.802. The van der Waals surface area contributed by atoms with Crippen molar-refractivity contribution < 1.29 is 19.0 Å². The Morgan fingerprint density at radius 2 is 2.21 bits per heavy atom. The van der Waals surface area contributed by atoms with Crippen LogP contribution in [0.25, 0.3) is 0 Å². The smallest absolute Gasteiger partial charge is 0.409 e. The van der Waals surface area contributed by atoms with Crippen LogP contribution in [0.5, 0.6) is 0 Å². The number of halogens is 2. The fraction of sp³-hybridized carbons (Fsp3) is 0.500. The van der Waals surface area contributed by atoms with Gasteiger partial charge in [-0.05, 0) is 18.9 Å². The molecule has 0 unspecified atom stereocenters. The number of likely N-dealkylation sites (tertiary alicyclic amines) is 1. The number of nitrogens with zero attached hydrogens (tertiary/aromatic N) is 2. The van der Waals surface area contributed by atoms with Gasteiger partial charge in [-0.2, -0.15) is 4.39 Å². The van der Waals surface area contributed by atoms with Crippen LogP contribution in [-0.4, -0.2) is 41.3 Å². The Morgan fingerprint density at radius 3 is 2.79 bits per heavy atom. The second-order valence-corrected chi connectivity index (χ2v) is 4.92. The highest BCUT2D eigenvalue weighted by atomic mass is 35.5. The molecule has 0 aromatic carbocycles. The normalized spacial score (nSPS) is 18.2. The van der Waals surface area contributed by atoms with E-state index >= 15 is 0 Å². The number of carbonyl (C=O) groups is 1. The number of pyridine rings is 1. The number of ether oxygens (including phenoxy) is 1. The number of hydrogen-bond donors (Lipinski definition) is 1. The summed E-state index contributed by atoms with van der Waals surface area (Å²) in [5.41, 5.74) is -1.28. The fourth-order valence-corrected chi connectivity index (χ4v) is 2.36. The molecule has 104 valence electrons. The molecule has 1 aromatic rings. The van der Waals surface area contributed by atoms with Crippen LogP contribution in [0.1, 0.15) is 18.4 Å². The lowest BCUT2D eigenvalue weighted by Crippen LogP contribution is -2.45. The zero-order valence-corrected chi connectivity index (χ0v) is 11.2. The zero-order chi connectivity index (χ0) is 14.0. The summed E-state index contributed by atoms with van der Waals surface area (Å²) in [5, 5.41) is 10.8. The molecule has 1 aliphatic rings. The van der Waals surface area contributed by atoms with Crippen molar-refractivity contribution in [2.45, 2.75) is 18.4 Å². The summed E-state index contributed by atoms with van der Waals surface area (Å²) in [6.45, 7) is 0.574. The Balaban J connectivity index is 2.17. The first-order valence-corrected chi connectivity index (χ1v) is 6.21. The maximum atomic E-state index is 13.7. The van der Waals surface area contributed by atoms with E-state index in [0.717, 1.165) is 0 Å². The summed E-state index contributed by atoms with van der Waals surface area (Å²) in [6.07, 6.45) is 1.15. The lowest BCUT2D eigenvalue weighted by molar-refractivity contribution is -0.0260. The number of hydrogen-bond acceptors (Lipinski definition) is 4. The molecule has 0 radical (unpaired) electrons. The van der Waals surface area contributed by atoms with Crippen molar-refractivity contribution in [3.05, 3.63) is 28.8 Å². The third-order valence-corrected chi connectivity index (χ3v) is 3.54. The third-order valence-electron chi connectivity index (χ3n) is 3.33. The predicted octanol–water partition coefficient (Wildman–Crippen LogP) is 1.92. The summed E-state index contributed by atoms with van der Waals surface area (Å²) >= 11 is 5.77. The van der Waals surface area contributed by atoms with Gasteiger partial charge >= 0.3 is 6.09 Å². The van der Waals surface area contributed by atoms with Crippen molar-refractivity contribution >= 4 is 17.7 Å². The monoisotopic (exact) mass is 288 g/mol. The fourth-order valence-electron chi connectivity index (χ4n) is 2.21. The zero-order valence-electron chi connectivity index (χ0n) is 10.4. The molecular weight excluding hydrogens is 275 g/mol. The van der Waals surface area contributed by atoms with Gasteiger partial charge in [0.05, 0.1) is 17.7 Å². The minimum Gasteiger partial charge on any atom is -0.453 e. The lowest BCUT2D eigenvalue weighted by Gasteiger charge is -2.37. The van der Waals surface area contributed by atoms with Gasteiger partial charge in [-0.3, -0.25) is 0 Å². The van der Waals surface area contributed by atoms with E-state index in [2.05, 4.69) is 9.72 Å². The van der Waals surface area contributed by atoms with Crippen LogP contribution in [-0.2, 0) is 10.3 Å². The number of aromatic nitrogens is 1. The number of carbonyl (C=O) groups excluding carboxylic acids is 1. The van der Waals surface area contributed by atoms with Crippen LogP contribution < -0.4 is 0 Å². The van der Waals surface area contributed by atoms with Gasteiger partial charge in [0.2, 0.25) is 5.95 Å². The first-order valence-electron chi connectivity index (χ1n) is 5.83. The summed E-state index contributed by atoms with van der Waals surface area (Å²) in [4.78, 5) is 16.3. The van der Waals surface area contributed by atoms with Crippen molar-refractivity contribution in [3.63, 3.8) is 0 Å². The number of amides is 1. The van der Waals surface area contributed by atoms with E-state index in [9.17, 15) is 14.3 Å². The van der Waals surface area contributed by atoms with E-state index < -0.39 is 17.6 Å². The molecule has 1 aromatic heterocycles. The predicted molar refractivity (Wildman–Crippen MR) is 66.3 cm³/mol. The van der Waals surface area contributed by atoms with E-state index in [1.54, 1.807) is 0 Å². The molecular formula is C12H14ClFN2O3. The highest BCUT2D eigenvalue weighted by Crippen LogP contribution is 2.35. The van der Waals surface area contributed by atoms with Gasteiger partial charge in [0.1, 0.15) is 0 Å². The lowest BCUT2D eigenvalue weighted by atomic mass is 9.85. The highest BCUT2D eigenvalue weighted by Gasteiger charge is 2.38. The average molecular weight is 289 g/mol. The van der Waals surface area contributed by atoms with E-state index in [1.165, 1.54) is 24.3 Å². The maximum Gasteiger partial charge on any atom is 0.409 e. The van der Waals surface area contributed by atoms with Gasteiger partial charge in [0.15, 0.2) is 0 Å². The molecule has 5 nitrogen and oxygen atoms in total. The van der Waals surface area contributed by atoms with E-state index in [4.69, 9.17) is 11.6 Å². The van der Waals surface area contributed by atoms with Crippen LogP contribution in [0.4, 0.5) is 9.18 Å². The molecule has 1 N–H and O–H groups in total. The molecule has 2 heterocycles. The molecule has 0 atom stereocenters. The van der Waals surface area contributed by atoms with Crippen LogP contribution in [0.2, 0.25) is 5.02 Å². The molecule has 0 spiro atoms. The summed E-state index contributed by atoms with van der Waals surface area (Å²) in [7, 11) is 1.30. The molecule has 0 bridgehead atoms. The first-order chi connectivity index (χ1) is 8.96. The topological polar surface area (TPSA) is 62.7 Å². The Bertz CT molecular complexity index is 490. The van der Waals surface area contributed by atoms with Crippen molar-refractivity contribution in [1.29, 1.82) is 0 Å². The molecule has 1 saturated heterocycles. The minimum absolute atomic E-state index is 0.0736. The van der Waals surface area contributed by atoms with E-state index in [-0.39, 0.29) is 36.5 Å². The highest BCUT2D eigenvalue weighted by molar-refractivity contribution is 6.30. The van der Waals surface area contributed by atoms with Crippen molar-refractivity contribution in [1.82, 2.24) is 9.88 Å². The molecule has 1 amide bonds. The Hall–Kier alpha value is -1.40. The molecule has 1 fully saturated rings. The third kappa shape index (κ3) is 2.79. The Kier molecular flexibility index (Phi) is 3.91. The number of aliphatic hydroxyl groups is 1. The summed E-state index contributed by atoms with van der Waals surface area (Å²) in [6, 6.07) is 1.37. The average Bonchev–Trinajstić information content (AvgIpc) is 2.41. The largest absolute Gasteiger partial charge is 0.453 e. The van der Waals surface area contributed by atoms with Gasteiger partial charge in [-0.25, -0.2) is 9.78 Å². The van der Waals surface area contributed by atoms with Crippen LogP contribution in [0.15, 0.2) is 12.3 Å². The van der Waals surface area contributed by atoms with Crippen molar-refractivity contribution in [2.75, 3.05) is 20.2 Å². The number of piperidine rings is 1. The molecule has 7 heteroatoms. The van der Waals surface area contributed by atoms with Crippen LogP contribution >= 0.6 is 11.6 Å². The Morgan fingerprint density at radius 1 is 1.58 bits per heavy atom. The number of methoxy groups -OCH3 is 1. The maximum absolute atomic E-state index is 13.7. The second-order valence-electron chi connectivity index (χ2n) is 4.48. The van der Waals surface area contributed by atoms with Gasteiger partial charge in [0.25, 0.3) is 0 Å². The molecule has 0 saturated carbocycles. The summed E-state index contributed by atoms with van der Waals surface area (Å²) in [5.74, 6) is -0.738. The first kappa shape index (κ1) is 14.0. The van der Waals surface area contributed by atoms with E-state index in [0.29, 0.717) is 0 Å². The van der Waals surface area contributed by atoms with Crippen LogP contribution in [0.3, 0.4) is 0 Å². The van der Waals surface area contributed by atoms with Crippen LogP contribution in [0, 0.1) is 5.95 Å². The van der Waals surface area contributed by atoms with Crippen molar-refractivity contribution in [2.24, 2.45) is 0 Å². The molecule has 19 heavy (non-hydrogen) atoms. The Labute approximate surface area is 114 Å². The second kappa shape index (κ2) is 5.30. The summed E-state index contributed by atoms with van der Waals surface area (Å²) < 4.78 is 18.3. The van der Waals surface area contributed by atoms with Gasteiger partial charge in [0, 0.05) is 24.8 Å². The van der Waals surface area contributed by atoms with Gasteiger partial charge in [-0.15, -0.1) is 0 Å². The molecule has 1 aliphatic heterocycles. The van der Waals surface area contributed by atoms with Gasteiger partial charge < -0.3 is 14.7 Å². The molecule has 2 rings (SSSR count). The minimum atomic E-state index is -1.35.